The van der Waals surface area contributed by atoms with Crippen LogP contribution in [0.5, 0.6) is 0 Å². The van der Waals surface area contributed by atoms with Crippen LogP contribution in [-0.4, -0.2) is 19.1 Å². The summed E-state index contributed by atoms with van der Waals surface area (Å²) >= 11 is 0. The van der Waals surface area contributed by atoms with Gasteiger partial charge in [0.2, 0.25) is 5.91 Å². The molecule has 0 aliphatic heterocycles. The Hall–Kier alpha value is -1.62. The highest BCUT2D eigenvalue weighted by atomic mass is 19.1. The quantitative estimate of drug-likeness (QED) is 0.563. The fourth-order valence-electron chi connectivity index (χ4n) is 1.58. The molecule has 0 spiro atoms. The molecule has 0 fully saturated rings. The lowest BCUT2D eigenvalue weighted by molar-refractivity contribution is -0.117. The highest BCUT2D eigenvalue weighted by molar-refractivity contribution is 5.93. The van der Waals surface area contributed by atoms with Gasteiger partial charge in [-0.25, -0.2) is 4.39 Å². The van der Waals surface area contributed by atoms with E-state index in [1.807, 2.05) is 0 Å². The van der Waals surface area contributed by atoms with Crippen LogP contribution in [0.3, 0.4) is 0 Å². The molecule has 4 nitrogen and oxygen atoms in total. The van der Waals surface area contributed by atoms with Gasteiger partial charge in [0.25, 0.3) is 0 Å². The number of nitrogens with one attached hydrogen (secondary N) is 1. The Balaban J connectivity index is 2.23. The molecule has 1 aromatic rings. The summed E-state index contributed by atoms with van der Waals surface area (Å²) in [7, 11) is 0. The third-order valence-corrected chi connectivity index (χ3v) is 2.65. The molecule has 1 aromatic carbocycles. The van der Waals surface area contributed by atoms with Crippen molar-refractivity contribution in [2.45, 2.75) is 32.6 Å². The summed E-state index contributed by atoms with van der Waals surface area (Å²) in [4.78, 5) is 11.6. The molecule has 0 saturated heterocycles. The maximum atomic E-state index is 12.8. The zero-order valence-electron chi connectivity index (χ0n) is 11.2. The predicted molar refractivity (Wildman–Crippen MR) is 74.4 cm³/mol. The molecule has 0 heterocycles. The number of carbonyl (C=O) groups excluding carboxylic acids is 1. The van der Waals surface area contributed by atoms with Gasteiger partial charge in [-0.2, -0.15) is 0 Å². The van der Waals surface area contributed by atoms with Crippen LogP contribution in [0.25, 0.3) is 0 Å². The van der Waals surface area contributed by atoms with Crippen molar-refractivity contribution in [1.29, 1.82) is 0 Å². The van der Waals surface area contributed by atoms with Gasteiger partial charge in [0.05, 0.1) is 24.4 Å². The van der Waals surface area contributed by atoms with Crippen molar-refractivity contribution in [3.8, 4) is 0 Å². The average molecular weight is 268 g/mol. The fourth-order valence-corrected chi connectivity index (χ4v) is 1.58. The van der Waals surface area contributed by atoms with E-state index in [0.717, 1.165) is 19.3 Å². The van der Waals surface area contributed by atoms with Crippen LogP contribution in [-0.2, 0) is 9.53 Å². The molecule has 0 aliphatic carbocycles. The third kappa shape index (κ3) is 6.20. The number of nitrogen functional groups attached to an aromatic ring is 1. The standard InChI is InChI=1S/C14H21FN2O2/c1-2-3-4-8-19-9-7-14(18)17-13-6-5-11(15)10-12(13)16/h5-6,10H,2-4,7-9,16H2,1H3,(H,17,18). The normalized spacial score (nSPS) is 10.4. The molecule has 1 amide bonds. The van der Waals surface area contributed by atoms with Crippen molar-refractivity contribution in [2.75, 3.05) is 24.3 Å². The Labute approximate surface area is 113 Å². The second kappa shape index (κ2) is 8.48. The molecule has 0 unspecified atom stereocenters. The van der Waals surface area contributed by atoms with Crippen molar-refractivity contribution < 1.29 is 13.9 Å². The lowest BCUT2D eigenvalue weighted by Gasteiger charge is -2.08. The molecular formula is C14H21FN2O2. The molecule has 0 radical (unpaired) electrons. The van der Waals surface area contributed by atoms with E-state index in [0.29, 0.717) is 18.9 Å². The summed E-state index contributed by atoms with van der Waals surface area (Å²) in [5.74, 6) is -0.608. The second-order valence-electron chi connectivity index (χ2n) is 4.35. The summed E-state index contributed by atoms with van der Waals surface area (Å²) in [6.07, 6.45) is 3.57. The van der Waals surface area contributed by atoms with E-state index in [1.54, 1.807) is 0 Å². The predicted octanol–water partition coefficient (Wildman–Crippen LogP) is 2.94. The van der Waals surface area contributed by atoms with E-state index in [2.05, 4.69) is 12.2 Å². The SMILES string of the molecule is CCCCCOCCC(=O)Nc1ccc(F)cc1N. The molecule has 0 aromatic heterocycles. The van der Waals surface area contributed by atoms with Crippen LogP contribution < -0.4 is 11.1 Å². The number of hydrogen-bond donors (Lipinski definition) is 2. The topological polar surface area (TPSA) is 64.3 Å². The zero-order valence-corrected chi connectivity index (χ0v) is 11.2. The number of benzene rings is 1. The molecule has 0 aliphatic rings. The number of rotatable bonds is 8. The number of anilines is 2. The Morgan fingerprint density at radius 2 is 2.16 bits per heavy atom. The second-order valence-corrected chi connectivity index (χ2v) is 4.35. The lowest BCUT2D eigenvalue weighted by atomic mass is 10.2. The summed E-state index contributed by atoms with van der Waals surface area (Å²) in [6, 6.07) is 3.88. The van der Waals surface area contributed by atoms with Crippen molar-refractivity contribution in [3.63, 3.8) is 0 Å². The van der Waals surface area contributed by atoms with Gasteiger partial charge in [-0.05, 0) is 24.6 Å². The highest BCUT2D eigenvalue weighted by Crippen LogP contribution is 2.19. The molecule has 106 valence electrons. The van der Waals surface area contributed by atoms with Gasteiger partial charge >= 0.3 is 0 Å². The van der Waals surface area contributed by atoms with Gasteiger partial charge in [0, 0.05) is 6.61 Å². The van der Waals surface area contributed by atoms with Crippen molar-refractivity contribution in [3.05, 3.63) is 24.0 Å². The van der Waals surface area contributed by atoms with Gasteiger partial charge < -0.3 is 15.8 Å². The maximum absolute atomic E-state index is 12.8. The van der Waals surface area contributed by atoms with E-state index in [4.69, 9.17) is 10.5 Å². The summed E-state index contributed by atoms with van der Waals surface area (Å²) in [5, 5.41) is 2.63. The molecule has 0 saturated carbocycles. The van der Waals surface area contributed by atoms with E-state index in [9.17, 15) is 9.18 Å². The number of ether oxygens (including phenoxy) is 1. The molecule has 3 N–H and O–H groups in total. The third-order valence-electron chi connectivity index (χ3n) is 2.65. The Kier molecular flexibility index (Phi) is 6.89. The first kappa shape index (κ1) is 15.4. The van der Waals surface area contributed by atoms with Crippen LogP contribution in [0.2, 0.25) is 0 Å². The summed E-state index contributed by atoms with van der Waals surface area (Å²) in [6.45, 7) is 3.19. The molecule has 19 heavy (non-hydrogen) atoms. The fraction of sp³-hybridized carbons (Fsp3) is 0.500. The monoisotopic (exact) mass is 268 g/mol. The molecule has 0 atom stereocenters. The van der Waals surface area contributed by atoms with Crippen LogP contribution >= 0.6 is 0 Å². The highest BCUT2D eigenvalue weighted by Gasteiger charge is 2.06. The number of hydrogen-bond acceptors (Lipinski definition) is 3. The van der Waals surface area contributed by atoms with Crippen LogP contribution in [0, 0.1) is 5.82 Å². The number of carbonyl (C=O) groups is 1. The zero-order chi connectivity index (χ0) is 14.1. The van der Waals surface area contributed by atoms with Gasteiger partial charge in [-0.1, -0.05) is 19.8 Å². The minimum absolute atomic E-state index is 0.186. The molecule has 5 heteroatoms. The first-order valence-electron chi connectivity index (χ1n) is 6.56. The van der Waals surface area contributed by atoms with Crippen molar-refractivity contribution in [1.82, 2.24) is 0 Å². The number of amides is 1. The van der Waals surface area contributed by atoms with E-state index in [1.165, 1.54) is 18.2 Å². The Morgan fingerprint density at radius 1 is 1.37 bits per heavy atom. The van der Waals surface area contributed by atoms with Gasteiger partial charge in [0.15, 0.2) is 0 Å². The average Bonchev–Trinajstić information content (AvgIpc) is 2.37. The Bertz CT molecular complexity index is 410. The minimum atomic E-state index is -0.422. The summed E-state index contributed by atoms with van der Waals surface area (Å²) in [5.41, 5.74) is 6.24. The summed E-state index contributed by atoms with van der Waals surface area (Å²) < 4.78 is 18.2. The molecular weight excluding hydrogens is 247 g/mol. The Morgan fingerprint density at radius 3 is 2.84 bits per heavy atom. The van der Waals surface area contributed by atoms with Crippen molar-refractivity contribution >= 4 is 17.3 Å². The van der Waals surface area contributed by atoms with Crippen LogP contribution in [0.1, 0.15) is 32.6 Å². The van der Waals surface area contributed by atoms with Gasteiger partial charge in [-0.15, -0.1) is 0 Å². The van der Waals surface area contributed by atoms with E-state index in [-0.39, 0.29) is 18.0 Å². The van der Waals surface area contributed by atoms with E-state index >= 15 is 0 Å². The van der Waals surface area contributed by atoms with Crippen LogP contribution in [0.4, 0.5) is 15.8 Å². The smallest absolute Gasteiger partial charge is 0.226 e. The van der Waals surface area contributed by atoms with Crippen molar-refractivity contribution in [2.24, 2.45) is 0 Å². The minimum Gasteiger partial charge on any atom is -0.397 e. The lowest BCUT2D eigenvalue weighted by Crippen LogP contribution is -2.15. The number of nitrogens with two attached hydrogens (primary N) is 1. The molecule has 1 rings (SSSR count). The van der Waals surface area contributed by atoms with Gasteiger partial charge in [-0.3, -0.25) is 4.79 Å². The number of halogens is 1. The first-order valence-corrected chi connectivity index (χ1v) is 6.56. The first-order chi connectivity index (χ1) is 9.13. The van der Waals surface area contributed by atoms with Crippen LogP contribution in [0.15, 0.2) is 18.2 Å². The molecule has 0 bridgehead atoms. The van der Waals surface area contributed by atoms with E-state index < -0.39 is 5.82 Å². The van der Waals surface area contributed by atoms with Gasteiger partial charge in [0.1, 0.15) is 5.82 Å². The number of unbranched alkanes of at least 4 members (excludes halogenated alkanes) is 2. The largest absolute Gasteiger partial charge is 0.397 e. The maximum Gasteiger partial charge on any atom is 0.226 e.